The fraction of sp³-hybridized carbons (Fsp3) is 0. The van der Waals surface area contributed by atoms with E-state index < -0.39 is 0 Å². The summed E-state index contributed by atoms with van der Waals surface area (Å²) in [4.78, 5) is 18.6. The van der Waals surface area contributed by atoms with Gasteiger partial charge in [-0.2, -0.15) is 5.10 Å². The minimum absolute atomic E-state index is 0.0558. The Bertz CT molecular complexity index is 1700. The zero-order chi connectivity index (χ0) is 21.7. The van der Waals surface area contributed by atoms with Crippen LogP contribution in [0.15, 0.2) is 89.9 Å². The molecule has 0 aliphatic carbocycles. The molecule has 0 aliphatic heterocycles. The maximum atomic E-state index is 13.3. The van der Waals surface area contributed by atoms with Crippen LogP contribution in [0.4, 0.5) is 0 Å². The first kappa shape index (κ1) is 19.4. The second-order valence-corrected chi connectivity index (χ2v) is 9.61. The molecular formula is C25H15IN4OS. The van der Waals surface area contributed by atoms with Crippen molar-refractivity contribution in [3.05, 3.63) is 109 Å². The first-order chi connectivity index (χ1) is 15.7. The van der Waals surface area contributed by atoms with Crippen LogP contribution < -0.4 is 10.1 Å². The highest BCUT2D eigenvalue weighted by Gasteiger charge is 2.14. The molecule has 7 heteroatoms. The summed E-state index contributed by atoms with van der Waals surface area (Å²) in [6.07, 6.45) is 3.90. The maximum Gasteiger partial charge on any atom is 0.274 e. The SMILES string of the molecule is O=c1c(=Cc2cn(-c3ccccc3)nc2-c2ccc(I)cc2)sc2nc3ccccc3n12. The summed E-state index contributed by atoms with van der Waals surface area (Å²) in [5.74, 6) is 0. The van der Waals surface area contributed by atoms with Crippen molar-refractivity contribution in [2.24, 2.45) is 0 Å². The second-order valence-electron chi connectivity index (χ2n) is 7.35. The van der Waals surface area contributed by atoms with E-state index in [0.29, 0.717) is 9.49 Å². The Morgan fingerprint density at radius 3 is 2.47 bits per heavy atom. The fourth-order valence-corrected chi connectivity index (χ4v) is 5.13. The van der Waals surface area contributed by atoms with Gasteiger partial charge in [-0.05, 0) is 65.1 Å². The summed E-state index contributed by atoms with van der Waals surface area (Å²) in [6, 6.07) is 25.9. The van der Waals surface area contributed by atoms with Gasteiger partial charge in [0.25, 0.3) is 5.56 Å². The van der Waals surface area contributed by atoms with Gasteiger partial charge in [0.2, 0.25) is 0 Å². The highest BCUT2D eigenvalue weighted by Crippen LogP contribution is 2.25. The Hall–Kier alpha value is -3.30. The summed E-state index contributed by atoms with van der Waals surface area (Å²) in [7, 11) is 0. The molecule has 0 N–H and O–H groups in total. The number of fused-ring (bicyclic) bond motifs is 3. The van der Waals surface area contributed by atoms with Crippen LogP contribution >= 0.6 is 33.9 Å². The van der Waals surface area contributed by atoms with E-state index in [1.54, 1.807) is 4.40 Å². The number of para-hydroxylation sites is 3. The number of hydrogen-bond acceptors (Lipinski definition) is 4. The van der Waals surface area contributed by atoms with Crippen LogP contribution in [0.2, 0.25) is 0 Å². The minimum Gasteiger partial charge on any atom is -0.267 e. The smallest absolute Gasteiger partial charge is 0.267 e. The van der Waals surface area contributed by atoms with Crippen LogP contribution in [0.25, 0.3) is 39.0 Å². The predicted molar refractivity (Wildman–Crippen MR) is 137 cm³/mol. The van der Waals surface area contributed by atoms with E-state index >= 15 is 0 Å². The molecule has 6 aromatic rings. The van der Waals surface area contributed by atoms with Crippen molar-refractivity contribution in [3.8, 4) is 16.9 Å². The molecule has 0 spiro atoms. The van der Waals surface area contributed by atoms with Gasteiger partial charge in [-0.1, -0.05) is 53.8 Å². The van der Waals surface area contributed by atoms with Crippen molar-refractivity contribution in [1.82, 2.24) is 19.2 Å². The normalized spacial score (nSPS) is 12.2. The Labute approximate surface area is 200 Å². The molecule has 6 rings (SSSR count). The average molecular weight is 546 g/mol. The lowest BCUT2D eigenvalue weighted by Crippen LogP contribution is -2.22. The first-order valence-electron chi connectivity index (χ1n) is 10.0. The molecule has 0 radical (unpaired) electrons. The third-order valence-electron chi connectivity index (χ3n) is 5.31. The molecule has 0 saturated carbocycles. The van der Waals surface area contributed by atoms with Crippen LogP contribution in [0.1, 0.15) is 5.56 Å². The second kappa shape index (κ2) is 7.68. The first-order valence-corrected chi connectivity index (χ1v) is 11.9. The van der Waals surface area contributed by atoms with Crippen LogP contribution in [-0.4, -0.2) is 19.2 Å². The van der Waals surface area contributed by atoms with Gasteiger partial charge in [0.15, 0.2) is 4.96 Å². The summed E-state index contributed by atoms with van der Waals surface area (Å²) >= 11 is 3.69. The lowest BCUT2D eigenvalue weighted by Gasteiger charge is -2.00. The van der Waals surface area contributed by atoms with Crippen LogP contribution in [-0.2, 0) is 0 Å². The van der Waals surface area contributed by atoms with Crippen LogP contribution in [0.3, 0.4) is 0 Å². The number of hydrogen-bond donors (Lipinski definition) is 0. The topological polar surface area (TPSA) is 52.2 Å². The number of rotatable bonds is 3. The minimum atomic E-state index is -0.0558. The van der Waals surface area contributed by atoms with E-state index in [-0.39, 0.29) is 5.56 Å². The Morgan fingerprint density at radius 1 is 0.906 bits per heavy atom. The van der Waals surface area contributed by atoms with Crippen molar-refractivity contribution in [3.63, 3.8) is 0 Å². The molecule has 3 aromatic heterocycles. The molecule has 0 bridgehead atoms. The fourth-order valence-electron chi connectivity index (χ4n) is 3.79. The van der Waals surface area contributed by atoms with Gasteiger partial charge in [0, 0.05) is 20.9 Å². The van der Waals surface area contributed by atoms with E-state index in [1.165, 1.54) is 11.3 Å². The van der Waals surface area contributed by atoms with Crippen molar-refractivity contribution >= 4 is 56.0 Å². The molecule has 154 valence electrons. The van der Waals surface area contributed by atoms with E-state index in [1.807, 2.05) is 71.6 Å². The zero-order valence-corrected chi connectivity index (χ0v) is 19.6. The van der Waals surface area contributed by atoms with Crippen LogP contribution in [0, 0.1) is 3.57 Å². The Kier molecular flexibility index (Phi) is 4.65. The van der Waals surface area contributed by atoms with Crippen molar-refractivity contribution < 1.29 is 0 Å². The van der Waals surface area contributed by atoms with Gasteiger partial charge >= 0.3 is 0 Å². The van der Waals surface area contributed by atoms with E-state index in [9.17, 15) is 4.79 Å². The molecule has 0 unspecified atom stereocenters. The van der Waals surface area contributed by atoms with Gasteiger partial charge in [-0.3, -0.25) is 4.79 Å². The molecular weight excluding hydrogens is 531 g/mol. The lowest BCUT2D eigenvalue weighted by molar-refractivity contribution is 0.884. The summed E-state index contributed by atoms with van der Waals surface area (Å²) in [5, 5.41) is 4.86. The number of halogens is 1. The van der Waals surface area contributed by atoms with Gasteiger partial charge < -0.3 is 0 Å². The summed E-state index contributed by atoms with van der Waals surface area (Å²) in [5.41, 5.74) is 5.31. The number of benzene rings is 3. The third kappa shape index (κ3) is 3.25. The molecule has 0 saturated heterocycles. The van der Waals surface area contributed by atoms with Gasteiger partial charge in [-0.25, -0.2) is 14.1 Å². The molecule has 3 aromatic carbocycles. The lowest BCUT2D eigenvalue weighted by atomic mass is 10.1. The average Bonchev–Trinajstić information content (AvgIpc) is 3.48. The van der Waals surface area contributed by atoms with Gasteiger partial charge in [0.05, 0.1) is 26.9 Å². The molecule has 0 amide bonds. The molecule has 0 aliphatic rings. The number of imidazole rings is 1. The number of nitrogens with zero attached hydrogens (tertiary/aromatic N) is 4. The third-order valence-corrected chi connectivity index (χ3v) is 7.00. The summed E-state index contributed by atoms with van der Waals surface area (Å²) < 4.78 is 5.35. The number of aromatic nitrogens is 4. The maximum absolute atomic E-state index is 13.3. The van der Waals surface area contributed by atoms with E-state index in [0.717, 1.165) is 37.1 Å². The zero-order valence-electron chi connectivity index (χ0n) is 16.6. The molecule has 5 nitrogen and oxygen atoms in total. The highest BCUT2D eigenvalue weighted by atomic mass is 127. The Balaban J connectivity index is 1.58. The number of thiazole rings is 1. The van der Waals surface area contributed by atoms with Crippen molar-refractivity contribution in [2.75, 3.05) is 0 Å². The summed E-state index contributed by atoms with van der Waals surface area (Å²) in [6.45, 7) is 0. The Morgan fingerprint density at radius 2 is 1.66 bits per heavy atom. The largest absolute Gasteiger partial charge is 0.274 e. The molecule has 0 fully saturated rings. The van der Waals surface area contributed by atoms with Crippen LogP contribution in [0.5, 0.6) is 0 Å². The van der Waals surface area contributed by atoms with E-state index in [4.69, 9.17) is 5.10 Å². The molecule has 0 atom stereocenters. The standard InChI is InChI=1S/C25H15IN4OS/c26-18-12-10-16(11-13-18)23-17(15-29(28-23)19-6-2-1-3-7-19)14-22-24(31)30-21-9-5-4-8-20(21)27-25(30)32-22/h1-15H. The quantitative estimate of drug-likeness (QED) is 0.297. The molecule has 3 heterocycles. The van der Waals surface area contributed by atoms with Crippen molar-refractivity contribution in [2.45, 2.75) is 0 Å². The van der Waals surface area contributed by atoms with Crippen molar-refractivity contribution in [1.29, 1.82) is 0 Å². The van der Waals surface area contributed by atoms with Gasteiger partial charge in [-0.15, -0.1) is 0 Å². The monoisotopic (exact) mass is 546 g/mol. The highest BCUT2D eigenvalue weighted by molar-refractivity contribution is 14.1. The molecule has 32 heavy (non-hydrogen) atoms. The van der Waals surface area contributed by atoms with Gasteiger partial charge in [0.1, 0.15) is 0 Å². The predicted octanol–water partition coefficient (Wildman–Crippen LogP) is 4.91. The van der Waals surface area contributed by atoms with E-state index in [2.05, 4.69) is 51.8 Å².